The number of ether oxygens (including phenoxy) is 1. The molecule has 1 aromatic heterocycles. The molecule has 1 N–H and O–H groups in total. The maximum absolute atomic E-state index is 12.4. The van der Waals surface area contributed by atoms with Gasteiger partial charge in [-0.15, -0.1) is 10.2 Å². The van der Waals surface area contributed by atoms with E-state index in [9.17, 15) is 4.79 Å². The van der Waals surface area contributed by atoms with Crippen LogP contribution in [0, 0.1) is 20.8 Å². The van der Waals surface area contributed by atoms with E-state index in [4.69, 9.17) is 16.3 Å². The summed E-state index contributed by atoms with van der Waals surface area (Å²) in [7, 11) is 0. The molecule has 3 aromatic rings. The van der Waals surface area contributed by atoms with E-state index in [0.29, 0.717) is 29.0 Å². The minimum absolute atomic E-state index is 0.121. The molecule has 3 rings (SSSR count). The maximum atomic E-state index is 12.4. The summed E-state index contributed by atoms with van der Waals surface area (Å²) in [5.41, 5.74) is 3.78. The molecule has 0 spiro atoms. The number of nitrogens with zero attached hydrogens (tertiary/aromatic N) is 3. The van der Waals surface area contributed by atoms with E-state index in [1.54, 1.807) is 6.07 Å². The number of carbonyl (C=O) groups is 1. The molecular formula is C22H25ClN4O2S. The second-order valence-corrected chi connectivity index (χ2v) is 8.30. The number of anilines is 1. The van der Waals surface area contributed by atoms with Crippen molar-refractivity contribution in [3.63, 3.8) is 0 Å². The van der Waals surface area contributed by atoms with Gasteiger partial charge in [0.25, 0.3) is 0 Å². The number of carbonyl (C=O) groups excluding carboxylic acids is 1. The fourth-order valence-corrected chi connectivity index (χ4v) is 3.91. The molecular weight excluding hydrogens is 420 g/mol. The van der Waals surface area contributed by atoms with Gasteiger partial charge >= 0.3 is 0 Å². The Labute approximate surface area is 186 Å². The molecule has 0 atom stereocenters. The van der Waals surface area contributed by atoms with Crippen LogP contribution < -0.4 is 10.1 Å². The van der Waals surface area contributed by atoms with Crippen molar-refractivity contribution in [1.29, 1.82) is 0 Å². The van der Waals surface area contributed by atoms with Crippen molar-refractivity contribution in [1.82, 2.24) is 14.8 Å². The van der Waals surface area contributed by atoms with Gasteiger partial charge in [-0.25, -0.2) is 0 Å². The standard InChI is InChI=1S/C22H25ClN4O2S/c1-5-27-20(12-29-19-11-14(2)9-10-15(19)3)25-26-22(27)30-13-21(28)24-18-8-6-7-17(23)16(18)4/h6-11H,5,12-13H2,1-4H3,(H,24,28). The quantitative estimate of drug-likeness (QED) is 0.484. The lowest BCUT2D eigenvalue weighted by molar-refractivity contribution is -0.113. The van der Waals surface area contributed by atoms with Gasteiger partial charge in [-0.2, -0.15) is 0 Å². The van der Waals surface area contributed by atoms with Gasteiger partial charge < -0.3 is 14.6 Å². The molecule has 0 radical (unpaired) electrons. The highest BCUT2D eigenvalue weighted by molar-refractivity contribution is 7.99. The average molecular weight is 445 g/mol. The Bertz CT molecular complexity index is 1050. The molecule has 0 aliphatic rings. The van der Waals surface area contributed by atoms with E-state index in [-0.39, 0.29) is 11.7 Å². The van der Waals surface area contributed by atoms with E-state index < -0.39 is 0 Å². The molecule has 6 nitrogen and oxygen atoms in total. The smallest absolute Gasteiger partial charge is 0.234 e. The minimum atomic E-state index is -0.121. The van der Waals surface area contributed by atoms with Crippen LogP contribution in [-0.2, 0) is 17.9 Å². The zero-order valence-electron chi connectivity index (χ0n) is 17.5. The molecule has 0 fully saturated rings. The summed E-state index contributed by atoms with van der Waals surface area (Å²) in [5, 5.41) is 12.7. The average Bonchev–Trinajstić information content (AvgIpc) is 3.12. The number of benzene rings is 2. The highest BCUT2D eigenvalue weighted by Gasteiger charge is 2.15. The number of aromatic nitrogens is 3. The number of thioether (sulfide) groups is 1. The first-order chi connectivity index (χ1) is 14.4. The summed E-state index contributed by atoms with van der Waals surface area (Å²) in [5.74, 6) is 1.67. The SMILES string of the molecule is CCn1c(COc2cc(C)ccc2C)nnc1SCC(=O)Nc1cccc(Cl)c1C. The van der Waals surface area contributed by atoms with Gasteiger partial charge in [0.2, 0.25) is 5.91 Å². The second kappa shape index (κ2) is 10.00. The van der Waals surface area contributed by atoms with Crippen molar-refractivity contribution < 1.29 is 9.53 Å². The third kappa shape index (κ3) is 5.34. The molecule has 0 saturated heterocycles. The van der Waals surface area contributed by atoms with Gasteiger partial charge in [0.15, 0.2) is 11.0 Å². The van der Waals surface area contributed by atoms with Crippen molar-refractivity contribution >= 4 is 35.0 Å². The molecule has 2 aromatic carbocycles. The van der Waals surface area contributed by atoms with Crippen LogP contribution >= 0.6 is 23.4 Å². The number of rotatable bonds is 8. The summed E-state index contributed by atoms with van der Waals surface area (Å²) >= 11 is 7.46. The fourth-order valence-electron chi connectivity index (χ4n) is 2.91. The van der Waals surface area contributed by atoms with Crippen LogP contribution in [0.2, 0.25) is 5.02 Å². The number of hydrogen-bond acceptors (Lipinski definition) is 5. The van der Waals surface area contributed by atoms with Crippen molar-refractivity contribution in [2.75, 3.05) is 11.1 Å². The largest absolute Gasteiger partial charge is 0.485 e. The van der Waals surface area contributed by atoms with Crippen LogP contribution in [0.3, 0.4) is 0 Å². The molecule has 0 aliphatic carbocycles. The van der Waals surface area contributed by atoms with Gasteiger partial charge in [0, 0.05) is 17.3 Å². The van der Waals surface area contributed by atoms with Crippen molar-refractivity contribution in [3.8, 4) is 5.75 Å². The summed E-state index contributed by atoms with van der Waals surface area (Å²) in [6, 6.07) is 11.6. The van der Waals surface area contributed by atoms with Gasteiger partial charge in [-0.1, -0.05) is 41.6 Å². The predicted octanol–water partition coefficient (Wildman–Crippen LogP) is 5.19. The Kier molecular flexibility index (Phi) is 7.39. The fraction of sp³-hybridized carbons (Fsp3) is 0.318. The molecule has 0 bridgehead atoms. The van der Waals surface area contributed by atoms with Crippen LogP contribution in [-0.4, -0.2) is 26.4 Å². The zero-order valence-corrected chi connectivity index (χ0v) is 19.1. The maximum Gasteiger partial charge on any atom is 0.234 e. The second-order valence-electron chi connectivity index (χ2n) is 6.95. The molecule has 158 valence electrons. The number of nitrogens with one attached hydrogen (secondary N) is 1. The lowest BCUT2D eigenvalue weighted by Gasteiger charge is -2.11. The summed E-state index contributed by atoms with van der Waals surface area (Å²) < 4.78 is 7.93. The van der Waals surface area contributed by atoms with Crippen LogP contribution in [0.15, 0.2) is 41.6 Å². The molecule has 0 saturated carbocycles. The molecule has 0 aliphatic heterocycles. The van der Waals surface area contributed by atoms with Crippen molar-refractivity contribution in [2.45, 2.75) is 46.0 Å². The van der Waals surface area contributed by atoms with Gasteiger partial charge in [-0.3, -0.25) is 4.79 Å². The van der Waals surface area contributed by atoms with E-state index in [2.05, 4.69) is 21.6 Å². The molecule has 30 heavy (non-hydrogen) atoms. The first kappa shape index (κ1) is 22.2. The third-order valence-electron chi connectivity index (χ3n) is 4.68. The lowest BCUT2D eigenvalue weighted by atomic mass is 10.1. The van der Waals surface area contributed by atoms with Crippen LogP contribution in [0.25, 0.3) is 0 Å². The van der Waals surface area contributed by atoms with Crippen molar-refractivity contribution in [3.05, 3.63) is 63.9 Å². The highest BCUT2D eigenvalue weighted by atomic mass is 35.5. The molecule has 1 amide bonds. The molecule has 0 unspecified atom stereocenters. The van der Waals surface area contributed by atoms with Gasteiger partial charge in [0.1, 0.15) is 12.4 Å². The predicted molar refractivity (Wildman–Crippen MR) is 121 cm³/mol. The Morgan fingerprint density at radius 1 is 1.20 bits per heavy atom. The highest BCUT2D eigenvalue weighted by Crippen LogP contribution is 2.24. The Balaban J connectivity index is 1.62. The summed E-state index contributed by atoms with van der Waals surface area (Å²) in [6.07, 6.45) is 0. The third-order valence-corrected chi connectivity index (χ3v) is 6.06. The van der Waals surface area contributed by atoms with Gasteiger partial charge in [-0.05, 0) is 62.6 Å². The Morgan fingerprint density at radius 3 is 2.77 bits per heavy atom. The first-order valence-electron chi connectivity index (χ1n) is 9.69. The van der Waals surface area contributed by atoms with Gasteiger partial charge in [0.05, 0.1) is 5.75 Å². The molecule has 1 heterocycles. The number of halogens is 1. The van der Waals surface area contributed by atoms with E-state index >= 15 is 0 Å². The first-order valence-corrected chi connectivity index (χ1v) is 11.0. The number of hydrogen-bond donors (Lipinski definition) is 1. The zero-order chi connectivity index (χ0) is 21.7. The lowest BCUT2D eigenvalue weighted by Crippen LogP contribution is -2.15. The Hall–Kier alpha value is -2.51. The van der Waals surface area contributed by atoms with Crippen LogP contribution in [0.4, 0.5) is 5.69 Å². The minimum Gasteiger partial charge on any atom is -0.485 e. The van der Waals surface area contributed by atoms with Crippen LogP contribution in [0.5, 0.6) is 5.75 Å². The van der Waals surface area contributed by atoms with E-state index in [1.807, 2.05) is 56.5 Å². The van der Waals surface area contributed by atoms with E-state index in [0.717, 1.165) is 28.3 Å². The normalized spacial score (nSPS) is 10.8. The summed E-state index contributed by atoms with van der Waals surface area (Å²) in [4.78, 5) is 12.4. The number of amides is 1. The van der Waals surface area contributed by atoms with Crippen molar-refractivity contribution in [2.24, 2.45) is 0 Å². The topological polar surface area (TPSA) is 69.0 Å². The van der Waals surface area contributed by atoms with E-state index in [1.165, 1.54) is 11.8 Å². The monoisotopic (exact) mass is 444 g/mol. The Morgan fingerprint density at radius 2 is 2.00 bits per heavy atom. The van der Waals surface area contributed by atoms with Crippen LogP contribution in [0.1, 0.15) is 29.4 Å². The number of aryl methyl sites for hydroxylation is 2. The molecule has 8 heteroatoms. The summed E-state index contributed by atoms with van der Waals surface area (Å²) in [6.45, 7) is 8.95.